The monoisotopic (exact) mass is 453 g/mol. The van der Waals surface area contributed by atoms with Gasteiger partial charge in [-0.15, -0.1) is 0 Å². The molecule has 6 aromatic rings. The molecule has 5 nitrogen and oxygen atoms in total. The number of hydrogen-bond donors (Lipinski definition) is 1. The number of nitrogens with one attached hydrogen (secondary N) is 1. The van der Waals surface area contributed by atoms with Gasteiger partial charge in [0, 0.05) is 40.8 Å². The first-order valence-corrected chi connectivity index (χ1v) is 10.9. The van der Waals surface area contributed by atoms with Crippen molar-refractivity contribution < 1.29 is 39.5 Å². The maximum atomic E-state index is 12.3. The number of nitrogens with zero attached hydrogens (tertiary/aromatic N) is 2. The van der Waals surface area contributed by atoms with Crippen LogP contribution in [0.25, 0.3) is 38.6 Å². The number of carboxylic acid groups (broad SMARTS) is 1. The van der Waals surface area contributed by atoms with Gasteiger partial charge in [-0.25, -0.2) is 4.98 Å². The summed E-state index contributed by atoms with van der Waals surface area (Å²) in [5.74, 6) is -1.20. The van der Waals surface area contributed by atoms with E-state index in [-0.39, 0.29) is 35.1 Å². The molecular weight excluding hydrogens is 433 g/mol. The van der Waals surface area contributed by atoms with Crippen LogP contribution in [0.5, 0.6) is 0 Å². The van der Waals surface area contributed by atoms with Crippen LogP contribution in [-0.2, 0) is 6.42 Å². The fourth-order valence-electron chi connectivity index (χ4n) is 4.89. The van der Waals surface area contributed by atoms with E-state index < -0.39 is 5.97 Å². The van der Waals surface area contributed by atoms with Gasteiger partial charge in [0.1, 0.15) is 5.65 Å². The zero-order valence-electron chi connectivity index (χ0n) is 19.0. The van der Waals surface area contributed by atoms with Crippen LogP contribution in [0.3, 0.4) is 0 Å². The smallest absolute Gasteiger partial charge is 0.545 e. The zero-order valence-corrected chi connectivity index (χ0v) is 21.0. The Balaban J connectivity index is 0.00000241. The van der Waals surface area contributed by atoms with Crippen LogP contribution in [0.15, 0.2) is 85.2 Å². The molecule has 3 heterocycles. The summed E-state index contributed by atoms with van der Waals surface area (Å²) < 4.78 is 2.04. The van der Waals surface area contributed by atoms with Crippen molar-refractivity contribution in [3.05, 3.63) is 108 Å². The fraction of sp³-hybridized carbons (Fsp3) is 0.0714. The van der Waals surface area contributed by atoms with E-state index in [2.05, 4.69) is 24.0 Å². The maximum absolute atomic E-state index is 12.3. The van der Waals surface area contributed by atoms with Crippen molar-refractivity contribution in [1.82, 2.24) is 14.4 Å². The van der Waals surface area contributed by atoms with Gasteiger partial charge in [0.2, 0.25) is 0 Å². The second kappa shape index (κ2) is 8.76. The minimum absolute atomic E-state index is 0. The molecule has 0 amide bonds. The molecule has 0 atom stereocenters. The Kier molecular flexibility index (Phi) is 5.78. The molecule has 0 aliphatic carbocycles. The topological polar surface area (TPSA) is 73.2 Å². The first-order chi connectivity index (χ1) is 16.1. The Morgan fingerprint density at radius 1 is 1.00 bits per heavy atom. The molecule has 0 aliphatic heterocycles. The summed E-state index contributed by atoms with van der Waals surface area (Å²) in [6.45, 7) is 2.10. The van der Waals surface area contributed by atoms with E-state index in [1.165, 1.54) is 10.9 Å². The molecule has 6 heteroatoms. The Morgan fingerprint density at radius 2 is 1.82 bits per heavy atom. The first kappa shape index (κ1) is 22.4. The average molecular weight is 453 g/mol. The Labute approximate surface area is 218 Å². The van der Waals surface area contributed by atoms with Gasteiger partial charge >= 0.3 is 29.6 Å². The third-order valence-electron chi connectivity index (χ3n) is 6.37. The van der Waals surface area contributed by atoms with Crippen LogP contribution < -0.4 is 34.7 Å². The Bertz CT molecular complexity index is 1700. The Hall–Kier alpha value is -3.38. The van der Waals surface area contributed by atoms with Gasteiger partial charge in [0.05, 0.1) is 17.4 Å². The molecule has 0 fully saturated rings. The summed E-state index contributed by atoms with van der Waals surface area (Å²) in [6, 6.07) is 23.3. The molecule has 160 valence electrons. The number of aromatic amines is 1. The van der Waals surface area contributed by atoms with Crippen LogP contribution in [-0.4, -0.2) is 20.3 Å². The van der Waals surface area contributed by atoms with Gasteiger partial charge in [0.25, 0.3) is 0 Å². The summed E-state index contributed by atoms with van der Waals surface area (Å²) in [7, 11) is 0. The summed E-state index contributed by atoms with van der Waals surface area (Å²) in [6.07, 6.45) is 4.61. The van der Waals surface area contributed by atoms with Gasteiger partial charge < -0.3 is 19.3 Å². The number of imidazole rings is 1. The number of aromatic nitrogens is 3. The van der Waals surface area contributed by atoms with Crippen LogP contribution in [0.2, 0.25) is 0 Å². The number of hydrogen-bond acceptors (Lipinski definition) is 3. The van der Waals surface area contributed by atoms with E-state index in [1.807, 2.05) is 77.5 Å². The van der Waals surface area contributed by atoms with Crippen molar-refractivity contribution >= 4 is 33.3 Å². The third-order valence-corrected chi connectivity index (χ3v) is 6.37. The first-order valence-electron chi connectivity index (χ1n) is 10.9. The molecule has 0 saturated heterocycles. The summed E-state index contributed by atoms with van der Waals surface area (Å²) in [5.41, 5.74) is 6.54. The van der Waals surface area contributed by atoms with Crippen molar-refractivity contribution in [1.29, 1.82) is 0 Å². The number of H-pyrrole nitrogens is 1. The van der Waals surface area contributed by atoms with Crippen LogP contribution in [0.1, 0.15) is 27.2 Å². The molecule has 3 aromatic heterocycles. The number of carboxylic acids is 1. The van der Waals surface area contributed by atoms with Crippen molar-refractivity contribution in [3.63, 3.8) is 0 Å². The molecule has 0 saturated carbocycles. The number of carbonyl (C=O) groups excluding carboxylic acids is 1. The van der Waals surface area contributed by atoms with Gasteiger partial charge in [0.15, 0.2) is 0 Å². The molecule has 0 bridgehead atoms. The van der Waals surface area contributed by atoms with Crippen molar-refractivity contribution in [3.8, 4) is 11.3 Å². The molecule has 0 spiro atoms. The average Bonchev–Trinajstić information content (AvgIpc) is 3.41. The van der Waals surface area contributed by atoms with E-state index in [4.69, 9.17) is 4.98 Å². The number of aryl methyl sites for hydroxylation is 1. The number of aromatic carboxylic acids is 1. The Morgan fingerprint density at radius 3 is 2.68 bits per heavy atom. The molecule has 1 N–H and O–H groups in total. The van der Waals surface area contributed by atoms with Crippen molar-refractivity contribution in [2.24, 2.45) is 0 Å². The number of carbonyl (C=O) groups is 1. The predicted molar refractivity (Wildman–Crippen MR) is 128 cm³/mol. The summed E-state index contributed by atoms with van der Waals surface area (Å²) in [4.78, 5) is 20.6. The number of rotatable bonds is 4. The van der Waals surface area contributed by atoms with Crippen molar-refractivity contribution in [2.45, 2.75) is 13.3 Å². The molecule has 0 unspecified atom stereocenters. The minimum atomic E-state index is -1.20. The molecule has 0 radical (unpaired) electrons. The van der Waals surface area contributed by atoms with Gasteiger partial charge in [-0.3, -0.25) is 0 Å². The van der Waals surface area contributed by atoms with Crippen molar-refractivity contribution in [2.75, 3.05) is 0 Å². The summed E-state index contributed by atoms with van der Waals surface area (Å²) in [5, 5.41) is 15.0. The number of fused-ring (bicyclic) bond motifs is 3. The molecule has 34 heavy (non-hydrogen) atoms. The maximum Gasteiger partial charge on any atom is 1.00 e. The summed E-state index contributed by atoms with van der Waals surface area (Å²) >= 11 is 0. The van der Waals surface area contributed by atoms with E-state index in [0.717, 1.165) is 27.8 Å². The van der Waals surface area contributed by atoms with E-state index in [1.54, 1.807) is 0 Å². The fourth-order valence-corrected chi connectivity index (χ4v) is 4.89. The SMILES string of the molecule is Cc1cccc2[nH]cc(Cc3c(-c4ccc5ccccc5c4C(=O)[O-])nc4ccccn34)c12.[Na+]. The standard InChI is InChI=1S/C28H21N3O2.Na/c1-17-7-6-10-22-25(17)19(16-29-22)15-23-27(30-24-11-4-5-14-31(23)24)21-13-12-18-8-2-3-9-20(18)26(21)28(32)33;/h2-14,16,29H,15H2,1H3,(H,32,33);/q;+1/p-1. The predicted octanol–water partition coefficient (Wildman–Crippen LogP) is 1.90. The molecule has 0 aliphatic rings. The normalized spacial score (nSPS) is 11.2. The number of pyridine rings is 1. The molecule has 3 aromatic carbocycles. The van der Waals surface area contributed by atoms with Gasteiger partial charge in [-0.05, 0) is 47.0 Å². The minimum Gasteiger partial charge on any atom is -0.545 e. The zero-order chi connectivity index (χ0) is 22.5. The van der Waals surface area contributed by atoms with Gasteiger partial charge in [-0.1, -0.05) is 54.6 Å². The van der Waals surface area contributed by atoms with Gasteiger partial charge in [-0.2, -0.15) is 0 Å². The van der Waals surface area contributed by atoms with Crippen LogP contribution in [0.4, 0.5) is 0 Å². The second-order valence-corrected chi connectivity index (χ2v) is 8.32. The molecular formula is C28H20N3NaO2. The van der Waals surface area contributed by atoms with E-state index in [9.17, 15) is 9.90 Å². The third kappa shape index (κ3) is 3.53. The molecule has 6 rings (SSSR count). The number of benzene rings is 3. The quantitative estimate of drug-likeness (QED) is 0.415. The van der Waals surface area contributed by atoms with Crippen LogP contribution in [0, 0.1) is 6.92 Å². The second-order valence-electron chi connectivity index (χ2n) is 8.32. The van der Waals surface area contributed by atoms with Crippen LogP contribution >= 0.6 is 0 Å². The van der Waals surface area contributed by atoms with E-state index >= 15 is 0 Å². The van der Waals surface area contributed by atoms with E-state index in [0.29, 0.717) is 23.1 Å². The largest absolute Gasteiger partial charge is 1.00 e.